The van der Waals surface area contributed by atoms with Crippen LogP contribution in [-0.2, 0) is 0 Å². The lowest BCUT2D eigenvalue weighted by atomic mass is 10.0. The molecule has 2 aliphatic carbocycles. The lowest BCUT2D eigenvalue weighted by molar-refractivity contribution is 0.183. The third-order valence-electron chi connectivity index (χ3n) is 4.04. The summed E-state index contributed by atoms with van der Waals surface area (Å²) in [5, 5.41) is 21.0. The molecule has 1 atom stereocenters. The van der Waals surface area contributed by atoms with E-state index in [9.17, 15) is 5.11 Å². The van der Waals surface area contributed by atoms with E-state index >= 15 is 0 Å². The maximum Gasteiger partial charge on any atom is 0.0919 e. The molecule has 0 heterocycles. The zero-order chi connectivity index (χ0) is 17.8. The van der Waals surface area contributed by atoms with Crippen LogP contribution in [0.5, 0.6) is 0 Å². The van der Waals surface area contributed by atoms with Crippen LogP contribution in [0.2, 0.25) is 0 Å². The maximum atomic E-state index is 9.69. The topological polar surface area (TPSA) is 44.0 Å². The van der Waals surface area contributed by atoms with E-state index in [2.05, 4.69) is 50.1 Å². The van der Waals surface area contributed by atoms with Crippen molar-refractivity contribution in [1.29, 1.82) is 5.26 Å². The number of nitriles is 1. The van der Waals surface area contributed by atoms with Gasteiger partial charge in [-0.15, -0.1) is 0 Å². The smallest absolute Gasteiger partial charge is 0.0919 e. The van der Waals surface area contributed by atoms with Crippen LogP contribution in [0.15, 0.2) is 75.7 Å². The van der Waals surface area contributed by atoms with E-state index in [1.54, 1.807) is 0 Å². The lowest BCUT2D eigenvalue weighted by Crippen LogP contribution is -1.95. The zero-order valence-electron chi connectivity index (χ0n) is 13.3. The molecule has 124 valence electrons. The summed E-state index contributed by atoms with van der Waals surface area (Å²) >= 11 is 6.77. The van der Waals surface area contributed by atoms with Crippen LogP contribution in [0.3, 0.4) is 0 Å². The van der Waals surface area contributed by atoms with Gasteiger partial charge in [0.1, 0.15) is 0 Å². The van der Waals surface area contributed by atoms with Crippen LogP contribution >= 0.6 is 31.9 Å². The summed E-state index contributed by atoms with van der Waals surface area (Å²) in [5.74, 6) is 0. The van der Waals surface area contributed by atoms with Crippen LogP contribution in [0, 0.1) is 21.8 Å². The highest BCUT2D eigenvalue weighted by atomic mass is 79.9. The molecule has 0 saturated carbocycles. The molecule has 0 amide bonds. The van der Waals surface area contributed by atoms with Crippen molar-refractivity contribution in [3.8, 4) is 17.2 Å². The summed E-state index contributed by atoms with van der Waals surface area (Å²) in [6, 6.07) is 24.0. The van der Waals surface area contributed by atoms with Crippen LogP contribution in [0.25, 0.3) is 11.1 Å². The van der Waals surface area contributed by atoms with E-state index < -0.39 is 6.10 Å². The Kier molecular flexibility index (Phi) is 5.70. The standard InChI is InChI=1S/C15H12BrNO.C6H3Br/c16-14-7-5-12(6-8-14)11-1-3-13(4-2-11)15(18)9-10-17;7-6-3-4-1-2-5(4)6/h1-8,15,18H,9H2;1-3H. The molecule has 2 aromatic rings. The molecule has 0 saturated heterocycles. The average molecular weight is 457 g/mol. The molecule has 2 aromatic carbocycles. The molecule has 0 spiro atoms. The molecule has 4 heteroatoms. The van der Waals surface area contributed by atoms with E-state index in [0.717, 1.165) is 21.2 Å². The second-order valence-electron chi connectivity index (χ2n) is 5.70. The molecule has 0 fully saturated rings. The SMILES string of the molecule is Brc1cc2ccc1=2.N#CCC(O)c1ccc(-c2ccc(Br)cc2)cc1. The zero-order valence-corrected chi connectivity index (χ0v) is 16.5. The molecule has 0 aliphatic heterocycles. The Balaban J connectivity index is 0.000000213. The van der Waals surface area contributed by atoms with Gasteiger partial charge in [0.2, 0.25) is 0 Å². The summed E-state index contributed by atoms with van der Waals surface area (Å²) in [4.78, 5) is 0. The first-order valence-corrected chi connectivity index (χ1v) is 9.38. The molecule has 1 N–H and O–H groups in total. The summed E-state index contributed by atoms with van der Waals surface area (Å²) in [6.45, 7) is 0. The van der Waals surface area contributed by atoms with Crippen molar-refractivity contribution >= 4 is 31.9 Å². The molecule has 0 radical (unpaired) electrons. The molecular weight excluding hydrogens is 442 g/mol. The highest BCUT2D eigenvalue weighted by molar-refractivity contribution is 9.10. The van der Waals surface area contributed by atoms with Gasteiger partial charge in [-0.05, 0) is 45.3 Å². The Morgan fingerprint density at radius 3 is 1.84 bits per heavy atom. The van der Waals surface area contributed by atoms with Gasteiger partial charge in [0.15, 0.2) is 0 Å². The number of aliphatic hydroxyl groups is 1. The third-order valence-corrected chi connectivity index (χ3v) is 5.22. The summed E-state index contributed by atoms with van der Waals surface area (Å²) in [7, 11) is 0. The van der Waals surface area contributed by atoms with Crippen LogP contribution in [0.4, 0.5) is 0 Å². The van der Waals surface area contributed by atoms with Gasteiger partial charge in [-0.3, -0.25) is 0 Å². The second kappa shape index (κ2) is 7.97. The van der Waals surface area contributed by atoms with E-state index in [1.807, 2.05) is 54.6 Å². The molecule has 2 nitrogen and oxygen atoms in total. The van der Waals surface area contributed by atoms with E-state index in [-0.39, 0.29) is 6.42 Å². The Hall–Kier alpha value is -1.93. The molecule has 2 aliphatic rings. The van der Waals surface area contributed by atoms with Gasteiger partial charge >= 0.3 is 0 Å². The van der Waals surface area contributed by atoms with Crippen molar-refractivity contribution in [1.82, 2.24) is 0 Å². The predicted molar refractivity (Wildman–Crippen MR) is 107 cm³/mol. The number of nitrogens with zero attached hydrogens (tertiary/aromatic N) is 1. The molecular formula is C21H15Br2NO. The van der Waals surface area contributed by atoms with Gasteiger partial charge in [-0.25, -0.2) is 0 Å². The first kappa shape index (κ1) is 17.9. The van der Waals surface area contributed by atoms with Gasteiger partial charge in [-0.1, -0.05) is 80.4 Å². The number of hydrogen-bond acceptors (Lipinski definition) is 2. The Morgan fingerprint density at radius 1 is 0.880 bits per heavy atom. The monoisotopic (exact) mass is 455 g/mol. The fraction of sp³-hybridized carbons (Fsp3) is 0.0952. The number of aliphatic hydroxyl groups excluding tert-OH is 1. The average Bonchev–Trinajstić information content (AvgIpc) is 2.61. The first-order chi connectivity index (χ1) is 12.1. The molecule has 25 heavy (non-hydrogen) atoms. The van der Waals surface area contributed by atoms with Crippen LogP contribution < -0.4 is 0 Å². The Labute approximate surface area is 163 Å². The van der Waals surface area contributed by atoms with Crippen LogP contribution in [-0.4, -0.2) is 5.11 Å². The molecule has 1 unspecified atom stereocenters. The number of hydrogen-bond donors (Lipinski definition) is 1. The maximum absolute atomic E-state index is 9.69. The second-order valence-corrected chi connectivity index (χ2v) is 7.47. The third kappa shape index (κ3) is 4.19. The summed E-state index contributed by atoms with van der Waals surface area (Å²) in [5.41, 5.74) is 2.99. The fourth-order valence-corrected chi connectivity index (χ4v) is 3.36. The largest absolute Gasteiger partial charge is 0.387 e. The van der Waals surface area contributed by atoms with Gasteiger partial charge in [0.05, 0.1) is 18.6 Å². The minimum Gasteiger partial charge on any atom is -0.387 e. The number of benzene rings is 3. The predicted octanol–water partition coefficient (Wildman–Crippen LogP) is 6.11. The minimum absolute atomic E-state index is 0.123. The number of halogens is 2. The number of rotatable bonds is 3. The summed E-state index contributed by atoms with van der Waals surface area (Å²) in [6.07, 6.45) is -0.577. The summed E-state index contributed by atoms with van der Waals surface area (Å²) < 4.78 is 2.30. The van der Waals surface area contributed by atoms with Crippen molar-refractivity contribution in [2.75, 3.05) is 0 Å². The normalized spacial score (nSPS) is 11.8. The van der Waals surface area contributed by atoms with Crippen molar-refractivity contribution < 1.29 is 5.11 Å². The van der Waals surface area contributed by atoms with Gasteiger partial charge in [0, 0.05) is 8.95 Å². The molecule has 4 rings (SSSR count). The van der Waals surface area contributed by atoms with E-state index in [1.165, 1.54) is 14.9 Å². The molecule has 0 bridgehead atoms. The molecule has 0 aromatic heterocycles. The fourth-order valence-electron chi connectivity index (χ4n) is 2.49. The van der Waals surface area contributed by atoms with Crippen molar-refractivity contribution in [2.24, 2.45) is 0 Å². The van der Waals surface area contributed by atoms with Gasteiger partial charge in [-0.2, -0.15) is 5.26 Å². The van der Waals surface area contributed by atoms with Crippen molar-refractivity contribution in [3.63, 3.8) is 0 Å². The Morgan fingerprint density at radius 2 is 1.48 bits per heavy atom. The van der Waals surface area contributed by atoms with Gasteiger partial charge in [0.25, 0.3) is 0 Å². The highest BCUT2D eigenvalue weighted by Gasteiger charge is 2.06. The minimum atomic E-state index is -0.700. The Bertz CT molecular complexity index is 1010. The lowest BCUT2D eigenvalue weighted by Gasteiger charge is -2.08. The quantitative estimate of drug-likeness (QED) is 0.404. The van der Waals surface area contributed by atoms with E-state index in [0.29, 0.717) is 0 Å². The van der Waals surface area contributed by atoms with Crippen molar-refractivity contribution in [3.05, 3.63) is 91.7 Å². The van der Waals surface area contributed by atoms with Crippen molar-refractivity contribution in [2.45, 2.75) is 12.5 Å². The van der Waals surface area contributed by atoms with Crippen LogP contribution in [0.1, 0.15) is 18.1 Å². The first-order valence-electron chi connectivity index (χ1n) is 7.79. The van der Waals surface area contributed by atoms with Gasteiger partial charge < -0.3 is 5.11 Å². The van der Waals surface area contributed by atoms with E-state index in [4.69, 9.17) is 5.26 Å². The highest BCUT2D eigenvalue weighted by Crippen LogP contribution is 2.24.